The molecule has 0 aliphatic heterocycles. The van der Waals surface area contributed by atoms with Crippen LogP contribution in [-0.2, 0) is 6.54 Å². The first-order valence-corrected chi connectivity index (χ1v) is 5.94. The summed E-state index contributed by atoms with van der Waals surface area (Å²) < 4.78 is 1.96. The van der Waals surface area contributed by atoms with Crippen molar-refractivity contribution < 1.29 is 0 Å². The van der Waals surface area contributed by atoms with Gasteiger partial charge in [-0.15, -0.1) is 0 Å². The quantitative estimate of drug-likeness (QED) is 0.784. The van der Waals surface area contributed by atoms with Gasteiger partial charge < -0.3 is 5.73 Å². The molecule has 74 valence electrons. The first kappa shape index (κ1) is 10.6. The van der Waals surface area contributed by atoms with Crippen molar-refractivity contribution in [2.75, 3.05) is 12.0 Å². The molecule has 4 heteroatoms. The number of thioether (sulfide) groups is 1. The van der Waals surface area contributed by atoms with Gasteiger partial charge in [0.2, 0.25) is 0 Å². The van der Waals surface area contributed by atoms with Crippen LogP contribution in [0.1, 0.15) is 24.9 Å². The standard InChI is InChI=1S/C9H17N3S/c1-3-9(10)8-6-11-12(7-8)4-5-13-2/h6-7,9H,3-5,10H2,1-2H3. The van der Waals surface area contributed by atoms with Gasteiger partial charge in [-0.2, -0.15) is 16.9 Å². The minimum absolute atomic E-state index is 0.142. The van der Waals surface area contributed by atoms with Crippen molar-refractivity contribution in [1.29, 1.82) is 0 Å². The number of aryl methyl sites for hydroxylation is 1. The highest BCUT2D eigenvalue weighted by atomic mass is 32.2. The lowest BCUT2D eigenvalue weighted by Gasteiger charge is -2.03. The summed E-state index contributed by atoms with van der Waals surface area (Å²) >= 11 is 1.83. The van der Waals surface area contributed by atoms with E-state index in [1.165, 1.54) is 0 Å². The van der Waals surface area contributed by atoms with Crippen molar-refractivity contribution in [3.05, 3.63) is 18.0 Å². The Morgan fingerprint density at radius 2 is 2.46 bits per heavy atom. The van der Waals surface area contributed by atoms with Crippen LogP contribution < -0.4 is 5.73 Å². The third kappa shape index (κ3) is 3.04. The van der Waals surface area contributed by atoms with Crippen molar-refractivity contribution in [3.8, 4) is 0 Å². The second-order valence-corrected chi connectivity index (χ2v) is 4.03. The van der Waals surface area contributed by atoms with Gasteiger partial charge in [-0.05, 0) is 12.7 Å². The van der Waals surface area contributed by atoms with E-state index in [0.717, 1.165) is 24.3 Å². The molecule has 1 heterocycles. The Bertz CT molecular complexity index is 247. The minimum atomic E-state index is 0.142. The van der Waals surface area contributed by atoms with Crippen LogP contribution in [0.4, 0.5) is 0 Å². The molecule has 3 nitrogen and oxygen atoms in total. The van der Waals surface area contributed by atoms with Crippen LogP contribution in [0, 0.1) is 0 Å². The largest absolute Gasteiger partial charge is 0.324 e. The summed E-state index contributed by atoms with van der Waals surface area (Å²) in [5.74, 6) is 1.10. The van der Waals surface area contributed by atoms with E-state index in [4.69, 9.17) is 5.73 Å². The Balaban J connectivity index is 2.53. The predicted molar refractivity (Wildman–Crippen MR) is 57.8 cm³/mol. The van der Waals surface area contributed by atoms with Crippen LogP contribution >= 0.6 is 11.8 Å². The summed E-state index contributed by atoms with van der Waals surface area (Å²) in [5, 5.41) is 4.25. The topological polar surface area (TPSA) is 43.8 Å². The molecule has 1 unspecified atom stereocenters. The zero-order chi connectivity index (χ0) is 9.68. The molecule has 1 rings (SSSR count). The molecule has 0 amide bonds. The maximum atomic E-state index is 5.88. The average Bonchev–Trinajstić information content (AvgIpc) is 2.62. The Kier molecular flexibility index (Phi) is 4.32. The molecule has 1 aromatic heterocycles. The van der Waals surface area contributed by atoms with Gasteiger partial charge in [0.1, 0.15) is 0 Å². The van der Waals surface area contributed by atoms with Gasteiger partial charge in [0, 0.05) is 30.1 Å². The molecule has 0 saturated heterocycles. The molecule has 0 bridgehead atoms. The van der Waals surface area contributed by atoms with Gasteiger partial charge in [0.05, 0.1) is 6.20 Å². The molecule has 0 aliphatic rings. The van der Waals surface area contributed by atoms with E-state index >= 15 is 0 Å². The van der Waals surface area contributed by atoms with Crippen molar-refractivity contribution in [3.63, 3.8) is 0 Å². The van der Waals surface area contributed by atoms with Crippen LogP contribution in [0.3, 0.4) is 0 Å². The highest BCUT2D eigenvalue weighted by Gasteiger charge is 2.05. The average molecular weight is 199 g/mol. The fourth-order valence-electron chi connectivity index (χ4n) is 1.11. The third-order valence-corrected chi connectivity index (χ3v) is 2.64. The van der Waals surface area contributed by atoms with Gasteiger partial charge in [0.15, 0.2) is 0 Å². The molecule has 1 atom stereocenters. The van der Waals surface area contributed by atoms with Gasteiger partial charge in [0.25, 0.3) is 0 Å². The Labute approximate surface area is 83.7 Å². The van der Waals surface area contributed by atoms with Crippen LogP contribution in [0.5, 0.6) is 0 Å². The number of aromatic nitrogens is 2. The van der Waals surface area contributed by atoms with E-state index in [-0.39, 0.29) is 6.04 Å². The summed E-state index contributed by atoms with van der Waals surface area (Å²) in [6, 6.07) is 0.142. The molecule has 13 heavy (non-hydrogen) atoms. The highest BCUT2D eigenvalue weighted by molar-refractivity contribution is 7.98. The van der Waals surface area contributed by atoms with Crippen LogP contribution in [0.25, 0.3) is 0 Å². The lowest BCUT2D eigenvalue weighted by molar-refractivity contribution is 0.660. The Morgan fingerprint density at radius 1 is 1.69 bits per heavy atom. The second kappa shape index (κ2) is 5.29. The molecule has 0 fully saturated rings. The third-order valence-electron chi connectivity index (χ3n) is 2.05. The molecule has 0 radical (unpaired) electrons. The monoisotopic (exact) mass is 199 g/mol. The fourth-order valence-corrected chi connectivity index (χ4v) is 1.48. The predicted octanol–water partition coefficient (Wildman–Crippen LogP) is 1.66. The van der Waals surface area contributed by atoms with Crippen LogP contribution in [0.2, 0.25) is 0 Å². The molecule has 1 aromatic rings. The van der Waals surface area contributed by atoms with Gasteiger partial charge in [-0.1, -0.05) is 6.92 Å². The number of rotatable bonds is 5. The maximum Gasteiger partial charge on any atom is 0.0537 e. The normalized spacial score (nSPS) is 13.2. The molecular formula is C9H17N3S. The zero-order valence-electron chi connectivity index (χ0n) is 8.23. The molecule has 2 N–H and O–H groups in total. The van der Waals surface area contributed by atoms with E-state index in [1.807, 2.05) is 28.8 Å². The Hall–Kier alpha value is -0.480. The number of hydrogen-bond donors (Lipinski definition) is 1. The molecule has 0 saturated carbocycles. The molecule has 0 spiro atoms. The highest BCUT2D eigenvalue weighted by Crippen LogP contribution is 2.11. The van der Waals surface area contributed by atoms with Crippen molar-refractivity contribution in [1.82, 2.24) is 9.78 Å². The second-order valence-electron chi connectivity index (χ2n) is 3.04. The number of nitrogens with two attached hydrogens (primary N) is 1. The maximum absolute atomic E-state index is 5.88. The lowest BCUT2D eigenvalue weighted by Crippen LogP contribution is -2.07. The molecular weight excluding hydrogens is 182 g/mol. The zero-order valence-corrected chi connectivity index (χ0v) is 9.05. The summed E-state index contributed by atoms with van der Waals surface area (Å²) in [7, 11) is 0. The fraction of sp³-hybridized carbons (Fsp3) is 0.667. The first-order chi connectivity index (χ1) is 6.27. The van der Waals surface area contributed by atoms with E-state index in [9.17, 15) is 0 Å². The Morgan fingerprint density at radius 3 is 3.08 bits per heavy atom. The summed E-state index contributed by atoms with van der Waals surface area (Å²) in [5.41, 5.74) is 7.02. The van der Waals surface area contributed by atoms with E-state index < -0.39 is 0 Å². The first-order valence-electron chi connectivity index (χ1n) is 4.54. The van der Waals surface area contributed by atoms with E-state index in [1.54, 1.807) is 0 Å². The van der Waals surface area contributed by atoms with Crippen molar-refractivity contribution in [2.45, 2.75) is 25.9 Å². The summed E-state index contributed by atoms with van der Waals surface area (Å²) in [6.45, 7) is 3.06. The van der Waals surface area contributed by atoms with Gasteiger partial charge in [-0.25, -0.2) is 0 Å². The minimum Gasteiger partial charge on any atom is -0.324 e. The molecule has 0 aromatic carbocycles. The number of hydrogen-bond acceptors (Lipinski definition) is 3. The lowest BCUT2D eigenvalue weighted by atomic mass is 10.1. The summed E-state index contributed by atoms with van der Waals surface area (Å²) in [4.78, 5) is 0. The molecule has 0 aliphatic carbocycles. The smallest absolute Gasteiger partial charge is 0.0537 e. The van der Waals surface area contributed by atoms with Crippen LogP contribution in [-0.4, -0.2) is 21.8 Å². The van der Waals surface area contributed by atoms with Gasteiger partial charge in [-0.3, -0.25) is 4.68 Å². The van der Waals surface area contributed by atoms with Crippen molar-refractivity contribution in [2.24, 2.45) is 5.73 Å². The van der Waals surface area contributed by atoms with E-state index in [0.29, 0.717) is 0 Å². The number of nitrogens with zero attached hydrogens (tertiary/aromatic N) is 2. The van der Waals surface area contributed by atoms with Crippen molar-refractivity contribution >= 4 is 11.8 Å². The van der Waals surface area contributed by atoms with Crippen LogP contribution in [0.15, 0.2) is 12.4 Å². The van der Waals surface area contributed by atoms with Gasteiger partial charge >= 0.3 is 0 Å². The summed E-state index contributed by atoms with van der Waals surface area (Å²) in [6.07, 6.45) is 6.98. The SMILES string of the molecule is CCC(N)c1cnn(CCSC)c1. The van der Waals surface area contributed by atoms with E-state index in [2.05, 4.69) is 18.3 Å².